The fraction of sp³-hybridized carbons (Fsp3) is 0.538. The van der Waals surface area contributed by atoms with E-state index in [-0.39, 0.29) is 17.9 Å². The van der Waals surface area contributed by atoms with Crippen LogP contribution in [0.25, 0.3) is 0 Å². The number of hydrogen-bond donors (Lipinski definition) is 0. The molecule has 0 aliphatic rings. The number of carboxylic acid groups (broad SMARTS) is 1. The largest absolute Gasteiger partial charge is 0.550 e. The van der Waals surface area contributed by atoms with Crippen molar-refractivity contribution in [3.8, 4) is 0 Å². The number of nitrogens with zero attached hydrogens (tertiary/aromatic N) is 2. The molecule has 1 heterocycles. The maximum atomic E-state index is 12.2. The van der Waals surface area contributed by atoms with Crippen molar-refractivity contribution >= 4 is 11.9 Å². The maximum absolute atomic E-state index is 12.2. The highest BCUT2D eigenvalue weighted by Gasteiger charge is 2.29. The number of carbonyl (C=O) groups is 2. The van der Waals surface area contributed by atoms with Crippen LogP contribution in [0.3, 0.4) is 0 Å². The first kappa shape index (κ1) is 16.7. The van der Waals surface area contributed by atoms with Gasteiger partial charge in [-0.05, 0) is 13.8 Å². The molecule has 0 bridgehead atoms. The van der Waals surface area contributed by atoms with E-state index in [2.05, 4.69) is 0 Å². The molecule has 1 atom stereocenters. The third-order valence-electron chi connectivity index (χ3n) is 3.29. The molecule has 0 aromatic carbocycles. The molecular weight excluding hydrogens is 280 g/mol. The lowest BCUT2D eigenvalue weighted by Crippen LogP contribution is -2.43. The highest BCUT2D eigenvalue weighted by Crippen LogP contribution is 2.20. The van der Waals surface area contributed by atoms with Gasteiger partial charge in [-0.2, -0.15) is 0 Å². The number of aromatic nitrogens is 2. The fourth-order valence-corrected chi connectivity index (χ4v) is 2.09. The third kappa shape index (κ3) is 3.21. The molecule has 0 fully saturated rings. The monoisotopic (exact) mass is 297 g/mol. The molecule has 0 amide bonds. The zero-order chi connectivity index (χ0) is 16.3. The van der Waals surface area contributed by atoms with E-state index in [4.69, 9.17) is 4.74 Å². The van der Waals surface area contributed by atoms with Crippen LogP contribution in [0.15, 0.2) is 9.59 Å². The van der Waals surface area contributed by atoms with Gasteiger partial charge in [-0.1, -0.05) is 0 Å². The number of rotatable bonds is 5. The van der Waals surface area contributed by atoms with Crippen LogP contribution in [0, 0.1) is 6.92 Å². The molecular formula is C13H17N2O6-. The Balaban J connectivity index is 3.59. The van der Waals surface area contributed by atoms with Gasteiger partial charge in [0.2, 0.25) is 0 Å². The molecule has 1 aromatic rings. The molecule has 0 aliphatic carbocycles. The van der Waals surface area contributed by atoms with Gasteiger partial charge >= 0.3 is 11.7 Å². The average Bonchev–Trinajstić information content (AvgIpc) is 2.42. The van der Waals surface area contributed by atoms with Crippen molar-refractivity contribution in [2.75, 3.05) is 6.61 Å². The minimum atomic E-state index is -1.48. The van der Waals surface area contributed by atoms with Crippen LogP contribution in [0.1, 0.15) is 30.5 Å². The van der Waals surface area contributed by atoms with E-state index in [0.717, 1.165) is 4.57 Å². The molecule has 0 spiro atoms. The lowest BCUT2D eigenvalue weighted by Gasteiger charge is -2.20. The van der Waals surface area contributed by atoms with Crippen LogP contribution in [-0.4, -0.2) is 27.7 Å². The Kier molecular flexibility index (Phi) is 5.07. The summed E-state index contributed by atoms with van der Waals surface area (Å²) >= 11 is 0. The number of ether oxygens (including phenoxy) is 1. The van der Waals surface area contributed by atoms with E-state index in [1.165, 1.54) is 25.6 Å². The van der Waals surface area contributed by atoms with Crippen molar-refractivity contribution in [2.45, 2.75) is 26.2 Å². The molecule has 0 unspecified atom stereocenters. The van der Waals surface area contributed by atoms with Gasteiger partial charge in [0.1, 0.15) is 0 Å². The first-order valence-corrected chi connectivity index (χ1v) is 6.35. The molecule has 0 radical (unpaired) electrons. The second kappa shape index (κ2) is 6.38. The van der Waals surface area contributed by atoms with Crippen LogP contribution in [-0.2, 0) is 28.4 Å². The van der Waals surface area contributed by atoms with Gasteiger partial charge in [0.15, 0.2) is 0 Å². The van der Waals surface area contributed by atoms with Crippen molar-refractivity contribution in [1.82, 2.24) is 9.13 Å². The molecule has 0 saturated carbocycles. The average molecular weight is 297 g/mol. The summed E-state index contributed by atoms with van der Waals surface area (Å²) in [5.74, 6) is -3.62. The van der Waals surface area contributed by atoms with Crippen LogP contribution in [0.5, 0.6) is 0 Å². The fourth-order valence-electron chi connectivity index (χ4n) is 2.09. The second-order valence-electron chi connectivity index (χ2n) is 4.59. The lowest BCUT2D eigenvalue weighted by atomic mass is 9.95. The first-order chi connectivity index (χ1) is 9.72. The predicted molar refractivity (Wildman–Crippen MR) is 70.7 cm³/mol. The van der Waals surface area contributed by atoms with E-state index < -0.39 is 35.5 Å². The summed E-state index contributed by atoms with van der Waals surface area (Å²) in [5.41, 5.74) is -1.11. The van der Waals surface area contributed by atoms with Gasteiger partial charge in [0.05, 0.1) is 18.1 Å². The number of carboxylic acids is 1. The Morgan fingerprint density at radius 3 is 2.29 bits per heavy atom. The van der Waals surface area contributed by atoms with Gasteiger partial charge in [-0.25, -0.2) is 4.79 Å². The normalized spacial score (nSPS) is 12.0. The summed E-state index contributed by atoms with van der Waals surface area (Å²) < 4.78 is 6.82. The molecule has 0 N–H and O–H groups in total. The van der Waals surface area contributed by atoms with Crippen molar-refractivity contribution < 1.29 is 19.4 Å². The number of esters is 1. The molecule has 0 saturated heterocycles. The summed E-state index contributed by atoms with van der Waals surface area (Å²) in [6.07, 6.45) is -0.687. The smallest absolute Gasteiger partial charge is 0.330 e. The second-order valence-corrected chi connectivity index (χ2v) is 4.59. The summed E-state index contributed by atoms with van der Waals surface area (Å²) in [5, 5.41) is 10.9. The molecule has 116 valence electrons. The van der Waals surface area contributed by atoms with Crippen molar-refractivity contribution in [3.63, 3.8) is 0 Å². The Bertz CT molecular complexity index is 685. The Morgan fingerprint density at radius 2 is 1.81 bits per heavy atom. The van der Waals surface area contributed by atoms with Gasteiger partial charge in [-0.15, -0.1) is 0 Å². The molecule has 1 aromatic heterocycles. The SMILES string of the molecule is CCOC(=O)[C@H](CC(=O)[O-])c1c(C)n(C)c(=O)n(C)c1=O. The molecule has 0 aliphatic heterocycles. The van der Waals surface area contributed by atoms with Crippen LogP contribution in [0.4, 0.5) is 0 Å². The summed E-state index contributed by atoms with van der Waals surface area (Å²) in [6.45, 7) is 3.09. The topological polar surface area (TPSA) is 110 Å². The molecule has 8 heteroatoms. The third-order valence-corrected chi connectivity index (χ3v) is 3.29. The minimum Gasteiger partial charge on any atom is -0.550 e. The quantitative estimate of drug-likeness (QED) is 0.592. The molecule has 21 heavy (non-hydrogen) atoms. The van der Waals surface area contributed by atoms with Gasteiger partial charge in [-0.3, -0.25) is 14.2 Å². The van der Waals surface area contributed by atoms with Gasteiger partial charge in [0, 0.05) is 32.2 Å². The van der Waals surface area contributed by atoms with Gasteiger partial charge in [0.25, 0.3) is 5.56 Å². The van der Waals surface area contributed by atoms with E-state index in [0.29, 0.717) is 0 Å². The molecule has 8 nitrogen and oxygen atoms in total. The number of hydrogen-bond acceptors (Lipinski definition) is 6. The highest BCUT2D eigenvalue weighted by molar-refractivity contribution is 5.83. The number of aliphatic carboxylic acids is 1. The van der Waals surface area contributed by atoms with Crippen molar-refractivity contribution in [2.24, 2.45) is 14.1 Å². The first-order valence-electron chi connectivity index (χ1n) is 6.35. The summed E-state index contributed by atoms with van der Waals surface area (Å²) in [4.78, 5) is 46.8. The zero-order valence-corrected chi connectivity index (χ0v) is 12.3. The zero-order valence-electron chi connectivity index (χ0n) is 12.3. The summed E-state index contributed by atoms with van der Waals surface area (Å²) in [7, 11) is 2.69. The van der Waals surface area contributed by atoms with E-state index in [1.54, 1.807) is 6.92 Å². The Morgan fingerprint density at radius 1 is 1.24 bits per heavy atom. The van der Waals surface area contributed by atoms with Gasteiger partial charge < -0.3 is 19.2 Å². The standard InChI is InChI=1S/C13H18N2O6/c1-5-21-12(19)8(6-9(16)17)10-7(2)14(3)13(20)15(4)11(10)18/h8H,5-6H2,1-4H3,(H,16,17)/p-1/t8-/m1/s1. The van der Waals surface area contributed by atoms with Crippen molar-refractivity contribution in [1.29, 1.82) is 0 Å². The van der Waals surface area contributed by atoms with E-state index in [1.807, 2.05) is 0 Å². The van der Waals surface area contributed by atoms with Crippen molar-refractivity contribution in [3.05, 3.63) is 32.1 Å². The van der Waals surface area contributed by atoms with E-state index >= 15 is 0 Å². The minimum absolute atomic E-state index is 0.0491. The number of carbonyl (C=O) groups excluding carboxylic acids is 2. The molecule has 1 rings (SSSR count). The van der Waals surface area contributed by atoms with Crippen LogP contribution < -0.4 is 16.4 Å². The van der Waals surface area contributed by atoms with Crippen LogP contribution in [0.2, 0.25) is 0 Å². The maximum Gasteiger partial charge on any atom is 0.330 e. The highest BCUT2D eigenvalue weighted by atomic mass is 16.5. The Hall–Kier alpha value is -2.38. The summed E-state index contributed by atoms with van der Waals surface area (Å²) in [6, 6.07) is 0. The lowest BCUT2D eigenvalue weighted by molar-refractivity contribution is -0.306. The van der Waals surface area contributed by atoms with E-state index in [9.17, 15) is 24.3 Å². The predicted octanol–water partition coefficient (Wildman–Crippen LogP) is -1.82. The Labute approximate surface area is 120 Å². The van der Waals surface area contributed by atoms with Crippen LogP contribution >= 0.6 is 0 Å².